The molecule has 13 rings (SSSR count). The highest BCUT2D eigenvalue weighted by molar-refractivity contribution is 6.13. The summed E-state index contributed by atoms with van der Waals surface area (Å²) in [5.74, 6) is 1.92. The second kappa shape index (κ2) is 22.9. The van der Waals surface area contributed by atoms with Crippen molar-refractivity contribution >= 4 is 112 Å². The molecule has 9 nitrogen and oxygen atoms in total. The maximum atomic E-state index is 5.80. The molecule has 0 aliphatic rings. The Morgan fingerprint density at radius 3 is 1.15 bits per heavy atom. The van der Waals surface area contributed by atoms with Crippen LogP contribution >= 0.6 is 0 Å². The van der Waals surface area contributed by atoms with E-state index in [9.17, 15) is 0 Å². The van der Waals surface area contributed by atoms with E-state index in [1.165, 1.54) is 0 Å². The summed E-state index contributed by atoms with van der Waals surface area (Å²) in [7, 11) is 0. The predicted octanol–water partition coefficient (Wildman–Crippen LogP) is 18.8. The zero-order chi connectivity index (χ0) is 55.2. The molecule has 0 saturated carbocycles. The van der Waals surface area contributed by atoms with Crippen LogP contribution in [-0.2, 0) is 6.42 Å². The van der Waals surface area contributed by atoms with Gasteiger partial charge in [-0.25, -0.2) is 9.98 Å². The van der Waals surface area contributed by atoms with Gasteiger partial charge in [0.05, 0.1) is 22.7 Å². The van der Waals surface area contributed by atoms with E-state index in [1.54, 1.807) is 0 Å². The van der Waals surface area contributed by atoms with E-state index in [4.69, 9.17) is 24.9 Å². The van der Waals surface area contributed by atoms with Gasteiger partial charge in [-0.2, -0.15) is 15.0 Å². The van der Waals surface area contributed by atoms with Crippen LogP contribution in [0.25, 0.3) is 43.1 Å². The minimum atomic E-state index is -0.475. The molecule has 0 aliphatic heterocycles. The van der Waals surface area contributed by atoms with Crippen molar-refractivity contribution in [2.24, 2.45) is 9.98 Å². The molecule has 1 heterocycles. The van der Waals surface area contributed by atoms with E-state index in [1.807, 2.05) is 18.2 Å². The molecule has 0 amide bonds. The van der Waals surface area contributed by atoms with E-state index in [2.05, 4.69) is 306 Å². The van der Waals surface area contributed by atoms with Gasteiger partial charge in [0.2, 0.25) is 17.9 Å². The predicted molar refractivity (Wildman–Crippen MR) is 343 cm³/mol. The zero-order valence-electron chi connectivity index (χ0n) is 45.5. The minimum absolute atomic E-state index is 0.246. The van der Waals surface area contributed by atoms with Crippen molar-refractivity contribution in [3.05, 3.63) is 297 Å². The van der Waals surface area contributed by atoms with Crippen LogP contribution in [0.4, 0.5) is 57.4 Å². The summed E-state index contributed by atoms with van der Waals surface area (Å²) in [5, 5.41) is 8.73. The van der Waals surface area contributed by atoms with Gasteiger partial charge < -0.3 is 4.90 Å². The van der Waals surface area contributed by atoms with Gasteiger partial charge in [-0.15, -0.1) is 0 Å². The average Bonchev–Trinajstić information content (AvgIpc) is 3.53. The van der Waals surface area contributed by atoms with Gasteiger partial charge in [0.25, 0.3) is 0 Å². The van der Waals surface area contributed by atoms with E-state index >= 15 is 0 Å². The van der Waals surface area contributed by atoms with E-state index in [-0.39, 0.29) is 6.42 Å². The Bertz CT molecular complexity index is 4280. The first kappa shape index (κ1) is 50.7. The standard InChI is InChI=1S/C73H57N9/c1-52(74-71(80(59-37-9-4-10-38-59)67-48-24-32-55-28-16-20-44-63(55)67)75-53(2)79(58-35-7-3-8-36-58)66-47-23-31-54-27-15-19-43-62(54)66)51-70-76-72(81(60-39-11-5-12-40-60)68-49-25-33-56-29-17-21-45-64(56)68)78-73(77-70)82(61-41-13-6-14-42-61)69-50-26-34-57-30-18-22-46-65(57)69/h3-50,53H,51H2,1-2H3/b74-52+,75-71+. The monoisotopic (exact) mass is 1060 g/mol. The number of para-hydroxylation sites is 4. The van der Waals surface area contributed by atoms with Crippen LogP contribution < -0.4 is 19.6 Å². The molecule has 82 heavy (non-hydrogen) atoms. The summed E-state index contributed by atoms with van der Waals surface area (Å²) < 4.78 is 0. The lowest BCUT2D eigenvalue weighted by Crippen LogP contribution is -2.32. The summed E-state index contributed by atoms with van der Waals surface area (Å²) in [6.45, 7) is 4.20. The molecule has 0 saturated heterocycles. The van der Waals surface area contributed by atoms with Crippen LogP contribution in [0, 0.1) is 0 Å². The number of hydrogen-bond acceptors (Lipinski definition) is 7. The first-order valence-corrected chi connectivity index (χ1v) is 27.7. The Labute approximate surface area is 477 Å². The first-order chi connectivity index (χ1) is 40.5. The van der Waals surface area contributed by atoms with E-state index in [0.29, 0.717) is 23.7 Å². The third-order valence-corrected chi connectivity index (χ3v) is 14.8. The third kappa shape index (κ3) is 10.3. The summed E-state index contributed by atoms with van der Waals surface area (Å²) in [6.07, 6.45) is -0.229. The average molecular weight is 1060 g/mol. The van der Waals surface area contributed by atoms with Crippen LogP contribution in [0.3, 0.4) is 0 Å². The molecule has 1 atom stereocenters. The van der Waals surface area contributed by atoms with Gasteiger partial charge in [-0.1, -0.05) is 218 Å². The smallest absolute Gasteiger partial charge is 0.239 e. The minimum Gasteiger partial charge on any atom is -0.318 e. The number of aromatic nitrogens is 3. The molecule has 0 aliphatic carbocycles. The number of benzene rings is 12. The van der Waals surface area contributed by atoms with Crippen molar-refractivity contribution in [1.29, 1.82) is 0 Å². The number of rotatable bonds is 14. The molecular weight excluding hydrogens is 1000 g/mol. The molecular formula is C73H57N9. The van der Waals surface area contributed by atoms with Crippen LogP contribution in [0.1, 0.15) is 19.7 Å². The Kier molecular flexibility index (Phi) is 14.2. The van der Waals surface area contributed by atoms with Crippen LogP contribution in [-0.4, -0.2) is 32.8 Å². The molecule has 12 aromatic carbocycles. The zero-order valence-corrected chi connectivity index (χ0v) is 45.5. The highest BCUT2D eigenvalue weighted by Crippen LogP contribution is 2.42. The van der Waals surface area contributed by atoms with Gasteiger partial charge in [0, 0.05) is 56.4 Å². The Morgan fingerprint density at radius 2 is 0.695 bits per heavy atom. The van der Waals surface area contributed by atoms with Crippen molar-refractivity contribution in [2.75, 3.05) is 19.6 Å². The maximum Gasteiger partial charge on any atom is 0.239 e. The van der Waals surface area contributed by atoms with Crippen molar-refractivity contribution < 1.29 is 0 Å². The van der Waals surface area contributed by atoms with Crippen LogP contribution in [0.5, 0.6) is 0 Å². The molecule has 0 bridgehead atoms. The third-order valence-electron chi connectivity index (χ3n) is 14.8. The lowest BCUT2D eigenvalue weighted by molar-refractivity contribution is 0.752. The summed E-state index contributed by atoms with van der Waals surface area (Å²) >= 11 is 0. The highest BCUT2D eigenvalue weighted by atomic mass is 15.4. The Balaban J connectivity index is 1.04. The number of hydrogen-bond donors (Lipinski definition) is 0. The first-order valence-electron chi connectivity index (χ1n) is 27.7. The van der Waals surface area contributed by atoms with Crippen molar-refractivity contribution in [1.82, 2.24) is 15.0 Å². The van der Waals surface area contributed by atoms with Gasteiger partial charge >= 0.3 is 0 Å². The number of guanidine groups is 1. The second-order valence-electron chi connectivity index (χ2n) is 20.1. The molecule has 9 heteroatoms. The van der Waals surface area contributed by atoms with Gasteiger partial charge in [-0.05, 0) is 108 Å². The highest BCUT2D eigenvalue weighted by Gasteiger charge is 2.27. The number of nitrogens with zero attached hydrogens (tertiary/aromatic N) is 9. The fourth-order valence-corrected chi connectivity index (χ4v) is 11.1. The fraction of sp³-hybridized carbons (Fsp3) is 0.0548. The molecule has 1 unspecified atom stereocenters. The van der Waals surface area contributed by atoms with Gasteiger partial charge in [0.15, 0.2) is 0 Å². The topological polar surface area (TPSA) is 76.3 Å². The van der Waals surface area contributed by atoms with Crippen molar-refractivity contribution in [2.45, 2.75) is 26.4 Å². The molecule has 0 spiro atoms. The maximum absolute atomic E-state index is 5.80. The summed E-state index contributed by atoms with van der Waals surface area (Å²) in [4.78, 5) is 36.9. The van der Waals surface area contributed by atoms with E-state index < -0.39 is 6.17 Å². The van der Waals surface area contributed by atoms with Crippen molar-refractivity contribution in [3.63, 3.8) is 0 Å². The van der Waals surface area contributed by atoms with E-state index in [0.717, 1.165) is 94.3 Å². The fourth-order valence-electron chi connectivity index (χ4n) is 11.1. The van der Waals surface area contributed by atoms with Crippen molar-refractivity contribution in [3.8, 4) is 0 Å². The quantitative estimate of drug-likeness (QED) is 0.0793. The van der Waals surface area contributed by atoms with Gasteiger partial charge in [0.1, 0.15) is 12.0 Å². The summed E-state index contributed by atoms with van der Waals surface area (Å²) in [5.41, 5.74) is 8.27. The molecule has 1 aromatic heterocycles. The molecule has 13 aromatic rings. The lowest BCUT2D eigenvalue weighted by Gasteiger charge is -2.32. The molecule has 0 N–H and O–H groups in total. The number of fused-ring (bicyclic) bond motifs is 4. The Hall–Kier alpha value is -10.8. The number of anilines is 10. The SMILES string of the molecule is C/C(Cc1nc(N(c2ccccc2)c2cccc3ccccc23)nc(N(c2ccccc2)c2cccc3ccccc23)n1)=N\C(=N/C(C)N(c1ccccc1)c1cccc2ccccc12)N(c1ccccc1)c1cccc2ccccc12. The molecule has 0 radical (unpaired) electrons. The molecule has 394 valence electrons. The van der Waals surface area contributed by atoms with Gasteiger partial charge in [-0.3, -0.25) is 14.7 Å². The Morgan fingerprint density at radius 1 is 0.354 bits per heavy atom. The lowest BCUT2D eigenvalue weighted by atomic mass is 10.1. The second-order valence-corrected chi connectivity index (χ2v) is 20.1. The summed E-state index contributed by atoms with van der Waals surface area (Å²) in [6, 6.07) is 101. The normalized spacial score (nSPS) is 12.2. The number of aliphatic imine (C=N–C) groups is 2. The molecule has 0 fully saturated rings. The van der Waals surface area contributed by atoms with Crippen LogP contribution in [0.2, 0.25) is 0 Å². The van der Waals surface area contributed by atoms with Crippen LogP contribution in [0.15, 0.2) is 301 Å². The largest absolute Gasteiger partial charge is 0.318 e.